The predicted molar refractivity (Wildman–Crippen MR) is 115 cm³/mol. The first-order valence-electron chi connectivity index (χ1n) is 9.87. The molecule has 0 unspecified atom stereocenters. The molecule has 0 bridgehead atoms. The van der Waals surface area contributed by atoms with Gasteiger partial charge in [0.2, 0.25) is 5.13 Å². The highest BCUT2D eigenvalue weighted by Gasteiger charge is 2.22. The smallest absolute Gasteiger partial charge is 0.254 e. The Hall–Kier alpha value is -3.00. The monoisotopic (exact) mass is 426 g/mol. The Morgan fingerprint density at radius 2 is 2.00 bits per heavy atom. The van der Waals surface area contributed by atoms with Gasteiger partial charge in [-0.15, -0.1) is 0 Å². The second-order valence-electron chi connectivity index (χ2n) is 7.16. The number of carbonyl (C=O) groups excluding carboxylic acids is 1. The van der Waals surface area contributed by atoms with Gasteiger partial charge in [-0.2, -0.15) is 4.37 Å². The van der Waals surface area contributed by atoms with Gasteiger partial charge in [0.1, 0.15) is 17.4 Å². The summed E-state index contributed by atoms with van der Waals surface area (Å²) in [5.41, 5.74) is 1.49. The van der Waals surface area contributed by atoms with Gasteiger partial charge in [0, 0.05) is 49.7 Å². The molecule has 4 rings (SSSR count). The first kappa shape index (κ1) is 20.3. The minimum absolute atomic E-state index is 0.132. The molecule has 156 valence electrons. The van der Waals surface area contributed by atoms with E-state index in [0.717, 1.165) is 35.2 Å². The van der Waals surface area contributed by atoms with Crippen molar-refractivity contribution in [3.05, 3.63) is 71.3 Å². The van der Waals surface area contributed by atoms with Crippen LogP contribution < -0.4 is 9.64 Å². The lowest BCUT2D eigenvalue weighted by molar-refractivity contribution is 0.0766. The molecule has 6 nitrogen and oxygen atoms in total. The van der Waals surface area contributed by atoms with Crippen molar-refractivity contribution in [1.82, 2.24) is 14.3 Å². The van der Waals surface area contributed by atoms with E-state index in [1.165, 1.54) is 23.7 Å². The number of amides is 1. The third kappa shape index (κ3) is 4.76. The van der Waals surface area contributed by atoms with Crippen LogP contribution in [0.1, 0.15) is 28.2 Å². The molecule has 3 aromatic rings. The Morgan fingerprint density at radius 3 is 2.83 bits per heavy atom. The van der Waals surface area contributed by atoms with Crippen LogP contribution in [0.15, 0.2) is 48.5 Å². The number of benzene rings is 2. The highest BCUT2D eigenvalue weighted by Crippen LogP contribution is 2.22. The van der Waals surface area contributed by atoms with Crippen molar-refractivity contribution in [2.24, 2.45) is 0 Å². The Morgan fingerprint density at radius 1 is 1.13 bits per heavy atom. The fourth-order valence-electron chi connectivity index (χ4n) is 3.53. The van der Waals surface area contributed by atoms with Crippen molar-refractivity contribution in [2.45, 2.75) is 12.8 Å². The lowest BCUT2D eigenvalue weighted by Gasteiger charge is -2.21. The van der Waals surface area contributed by atoms with Gasteiger partial charge in [-0.25, -0.2) is 9.37 Å². The molecule has 2 heterocycles. The van der Waals surface area contributed by atoms with E-state index in [4.69, 9.17) is 9.72 Å². The van der Waals surface area contributed by atoms with E-state index in [-0.39, 0.29) is 5.91 Å². The van der Waals surface area contributed by atoms with Gasteiger partial charge in [-0.3, -0.25) is 4.79 Å². The lowest BCUT2D eigenvalue weighted by atomic mass is 10.1. The van der Waals surface area contributed by atoms with E-state index in [0.29, 0.717) is 31.6 Å². The maximum Gasteiger partial charge on any atom is 0.254 e. The molecule has 1 saturated heterocycles. The van der Waals surface area contributed by atoms with Crippen LogP contribution in [0, 0.1) is 5.82 Å². The zero-order valence-electron chi connectivity index (χ0n) is 16.8. The van der Waals surface area contributed by atoms with Gasteiger partial charge in [-0.05, 0) is 42.3 Å². The number of anilines is 1. The van der Waals surface area contributed by atoms with Gasteiger partial charge in [-0.1, -0.05) is 18.2 Å². The van der Waals surface area contributed by atoms with E-state index >= 15 is 0 Å². The standard InChI is InChI=1S/C22H23FN4O2S/c1-29-19-8-2-5-16(13-19)14-20-24-22(30-25-20)27-10-4-9-26(11-12-27)21(28)17-6-3-7-18(23)15-17/h2-3,5-8,13,15H,4,9-12,14H2,1H3. The van der Waals surface area contributed by atoms with Gasteiger partial charge < -0.3 is 14.5 Å². The molecule has 0 aliphatic carbocycles. The molecule has 0 saturated carbocycles. The van der Waals surface area contributed by atoms with Crippen LogP contribution in [0.3, 0.4) is 0 Å². The number of nitrogens with zero attached hydrogens (tertiary/aromatic N) is 4. The van der Waals surface area contributed by atoms with Gasteiger partial charge in [0.05, 0.1) is 7.11 Å². The summed E-state index contributed by atoms with van der Waals surface area (Å²) >= 11 is 1.38. The molecular weight excluding hydrogens is 403 g/mol. The summed E-state index contributed by atoms with van der Waals surface area (Å²) in [5.74, 6) is 1.07. The Labute approximate surface area is 179 Å². The fraction of sp³-hybridized carbons (Fsp3) is 0.318. The molecular formula is C22H23FN4O2S. The van der Waals surface area contributed by atoms with Crippen LogP contribution in [0.4, 0.5) is 9.52 Å². The van der Waals surface area contributed by atoms with Crippen molar-refractivity contribution in [1.29, 1.82) is 0 Å². The molecule has 0 N–H and O–H groups in total. The second-order valence-corrected chi connectivity index (χ2v) is 7.89. The Kier molecular flexibility index (Phi) is 6.23. The van der Waals surface area contributed by atoms with Gasteiger partial charge >= 0.3 is 0 Å². The molecule has 1 amide bonds. The molecule has 30 heavy (non-hydrogen) atoms. The highest BCUT2D eigenvalue weighted by molar-refractivity contribution is 7.09. The first-order chi connectivity index (χ1) is 14.6. The average Bonchev–Trinajstić information content (AvgIpc) is 3.08. The van der Waals surface area contributed by atoms with Crippen molar-refractivity contribution in [2.75, 3.05) is 38.2 Å². The van der Waals surface area contributed by atoms with E-state index < -0.39 is 5.82 Å². The number of rotatable bonds is 5. The quantitative estimate of drug-likeness (QED) is 0.624. The topological polar surface area (TPSA) is 58.6 Å². The van der Waals surface area contributed by atoms with Crippen LogP contribution in [-0.4, -0.2) is 53.5 Å². The highest BCUT2D eigenvalue weighted by atomic mass is 32.1. The molecule has 8 heteroatoms. The van der Waals surface area contributed by atoms with E-state index in [1.807, 2.05) is 24.3 Å². The Balaban J connectivity index is 1.39. The SMILES string of the molecule is COc1cccc(Cc2nsc(N3CCCN(C(=O)c4cccc(F)c4)CC3)n2)c1. The zero-order valence-corrected chi connectivity index (χ0v) is 17.6. The molecule has 1 fully saturated rings. The number of hydrogen-bond acceptors (Lipinski definition) is 6. The van der Waals surface area contributed by atoms with Crippen LogP contribution in [0.2, 0.25) is 0 Å². The molecule has 2 aromatic carbocycles. The van der Waals surface area contributed by atoms with Crippen LogP contribution >= 0.6 is 11.5 Å². The summed E-state index contributed by atoms with van der Waals surface area (Å²) < 4.78 is 23.2. The van der Waals surface area contributed by atoms with E-state index in [1.54, 1.807) is 24.1 Å². The van der Waals surface area contributed by atoms with Crippen molar-refractivity contribution in [3.63, 3.8) is 0 Å². The average molecular weight is 427 g/mol. The minimum atomic E-state index is -0.394. The third-order valence-corrected chi connectivity index (χ3v) is 5.89. The predicted octanol–water partition coefficient (Wildman–Crippen LogP) is 3.63. The van der Waals surface area contributed by atoms with Gasteiger partial charge in [0.15, 0.2) is 0 Å². The third-order valence-electron chi connectivity index (χ3n) is 5.08. The normalized spacial score (nSPS) is 14.5. The minimum Gasteiger partial charge on any atom is -0.497 e. The maximum absolute atomic E-state index is 13.5. The largest absolute Gasteiger partial charge is 0.497 e. The van der Waals surface area contributed by atoms with Crippen molar-refractivity contribution >= 4 is 22.6 Å². The molecule has 1 aliphatic rings. The summed E-state index contributed by atoms with van der Waals surface area (Å²) in [6.07, 6.45) is 1.47. The summed E-state index contributed by atoms with van der Waals surface area (Å²) in [6.45, 7) is 2.69. The van der Waals surface area contributed by atoms with E-state index in [2.05, 4.69) is 9.27 Å². The fourth-order valence-corrected chi connectivity index (χ4v) is 4.26. The van der Waals surface area contributed by atoms with E-state index in [9.17, 15) is 9.18 Å². The number of ether oxygens (including phenoxy) is 1. The number of aromatic nitrogens is 2. The summed E-state index contributed by atoms with van der Waals surface area (Å²) in [7, 11) is 1.65. The molecule has 1 aromatic heterocycles. The van der Waals surface area contributed by atoms with Crippen LogP contribution in [0.25, 0.3) is 0 Å². The lowest BCUT2D eigenvalue weighted by Crippen LogP contribution is -2.35. The van der Waals surface area contributed by atoms with Crippen molar-refractivity contribution < 1.29 is 13.9 Å². The second kappa shape index (κ2) is 9.21. The summed E-state index contributed by atoms with van der Waals surface area (Å²) in [4.78, 5) is 21.4. The Bertz CT molecular complexity index is 1030. The number of carbonyl (C=O) groups is 1. The van der Waals surface area contributed by atoms with Crippen molar-refractivity contribution in [3.8, 4) is 5.75 Å². The first-order valence-corrected chi connectivity index (χ1v) is 10.6. The zero-order chi connectivity index (χ0) is 20.9. The number of hydrogen-bond donors (Lipinski definition) is 0. The summed E-state index contributed by atoms with van der Waals surface area (Å²) in [5, 5.41) is 0.868. The molecule has 0 radical (unpaired) electrons. The van der Waals surface area contributed by atoms with Crippen LogP contribution in [-0.2, 0) is 6.42 Å². The van der Waals surface area contributed by atoms with Gasteiger partial charge in [0.25, 0.3) is 5.91 Å². The molecule has 1 aliphatic heterocycles. The molecule has 0 spiro atoms. The maximum atomic E-state index is 13.5. The number of methoxy groups -OCH3 is 1. The molecule has 0 atom stereocenters. The summed E-state index contributed by atoms with van der Waals surface area (Å²) in [6, 6.07) is 13.8. The van der Waals surface area contributed by atoms with Crippen LogP contribution in [0.5, 0.6) is 5.75 Å². The number of halogens is 1.